The van der Waals surface area contributed by atoms with Crippen LogP contribution in [0.2, 0.25) is 0 Å². The van der Waals surface area contributed by atoms with Gasteiger partial charge in [0.25, 0.3) is 0 Å². The molecule has 0 amide bonds. The van der Waals surface area contributed by atoms with Crippen molar-refractivity contribution in [3.8, 4) is 0 Å². The number of nitrogens with zero attached hydrogens (tertiary/aromatic N) is 1. The molecule has 0 unspecified atom stereocenters. The first kappa shape index (κ1) is 18.6. The minimum absolute atomic E-state index is 0.0371. The number of Topliss-reactive ketones (excluding diaryl/α,β-unsaturated/α-hetero) is 1. The fraction of sp³-hybridized carbons (Fsp3) is 0.227. The Bertz CT molecular complexity index is 957. The van der Waals surface area contributed by atoms with Gasteiger partial charge in [0.2, 0.25) is 0 Å². The maximum absolute atomic E-state index is 12.6. The average molecular weight is 362 g/mol. The summed E-state index contributed by atoms with van der Waals surface area (Å²) in [6.45, 7) is 3.87. The van der Waals surface area contributed by atoms with E-state index in [1.807, 2.05) is 19.9 Å². The normalized spacial score (nSPS) is 16.7. The van der Waals surface area contributed by atoms with Gasteiger partial charge >= 0.3 is 0 Å². The molecular weight excluding hydrogens is 340 g/mol. The van der Waals surface area contributed by atoms with Gasteiger partial charge in [0.1, 0.15) is 5.76 Å². The number of aliphatic imine (C=N–C) groups is 1. The van der Waals surface area contributed by atoms with Gasteiger partial charge in [-0.3, -0.25) is 14.6 Å². The highest BCUT2D eigenvalue weighted by Crippen LogP contribution is 2.35. The molecule has 138 valence electrons. The van der Waals surface area contributed by atoms with Crippen LogP contribution in [0, 0.1) is 5.41 Å². The molecule has 0 atom stereocenters. The number of anilines is 1. The van der Waals surface area contributed by atoms with Crippen LogP contribution in [0.25, 0.3) is 0 Å². The summed E-state index contributed by atoms with van der Waals surface area (Å²) in [5.74, 6) is -0.248. The highest BCUT2D eigenvalue weighted by Gasteiger charge is 2.32. The molecule has 0 spiro atoms. The van der Waals surface area contributed by atoms with Crippen molar-refractivity contribution >= 4 is 29.2 Å². The van der Waals surface area contributed by atoms with E-state index in [1.165, 1.54) is 6.21 Å². The van der Waals surface area contributed by atoms with Crippen molar-refractivity contribution < 1.29 is 14.7 Å². The predicted octanol–water partition coefficient (Wildman–Crippen LogP) is 4.40. The standard InChI is InChI=1S/C22H22N2O3/c1-22(2)11-19(25)16(20(26)12-22)13-24-18-10-15(8-9-17(18)23)21(27)14-6-4-3-5-7-14/h3-10,13,25H,11-12,23H2,1-2H3. The molecule has 2 aromatic carbocycles. The summed E-state index contributed by atoms with van der Waals surface area (Å²) in [5.41, 5.74) is 7.71. The van der Waals surface area contributed by atoms with Gasteiger partial charge in [0, 0.05) is 30.2 Å². The van der Waals surface area contributed by atoms with Crippen molar-refractivity contribution in [1.82, 2.24) is 0 Å². The van der Waals surface area contributed by atoms with E-state index >= 15 is 0 Å². The van der Waals surface area contributed by atoms with Crippen molar-refractivity contribution in [2.75, 3.05) is 5.73 Å². The maximum atomic E-state index is 12.6. The summed E-state index contributed by atoms with van der Waals surface area (Å²) in [5, 5.41) is 10.2. The van der Waals surface area contributed by atoms with E-state index in [9.17, 15) is 14.7 Å². The third-order valence-corrected chi connectivity index (χ3v) is 4.56. The van der Waals surface area contributed by atoms with E-state index in [1.54, 1.807) is 42.5 Å². The van der Waals surface area contributed by atoms with E-state index in [-0.39, 0.29) is 28.3 Å². The zero-order valence-electron chi connectivity index (χ0n) is 15.4. The summed E-state index contributed by atoms with van der Waals surface area (Å²) in [4.78, 5) is 29.2. The number of nitrogens with two attached hydrogens (primary N) is 1. The maximum Gasteiger partial charge on any atom is 0.193 e. The van der Waals surface area contributed by atoms with Crippen molar-refractivity contribution in [3.63, 3.8) is 0 Å². The molecule has 0 aromatic heterocycles. The Hall–Kier alpha value is -3.21. The molecule has 3 N–H and O–H groups in total. The monoisotopic (exact) mass is 362 g/mol. The number of aliphatic hydroxyl groups is 1. The number of carbonyl (C=O) groups is 2. The van der Waals surface area contributed by atoms with Crippen molar-refractivity contribution in [1.29, 1.82) is 0 Å². The van der Waals surface area contributed by atoms with Gasteiger partial charge in [0.15, 0.2) is 11.6 Å². The third-order valence-electron chi connectivity index (χ3n) is 4.56. The first-order valence-corrected chi connectivity index (χ1v) is 8.75. The summed E-state index contributed by atoms with van der Waals surface area (Å²) in [6, 6.07) is 13.8. The van der Waals surface area contributed by atoms with Gasteiger partial charge in [0.05, 0.1) is 16.9 Å². The van der Waals surface area contributed by atoms with E-state index in [0.717, 1.165) is 0 Å². The molecule has 27 heavy (non-hydrogen) atoms. The Morgan fingerprint density at radius 2 is 1.81 bits per heavy atom. The van der Waals surface area contributed by atoms with Crippen molar-refractivity contribution in [2.24, 2.45) is 10.4 Å². The molecule has 1 aliphatic carbocycles. The van der Waals surface area contributed by atoms with Gasteiger partial charge in [-0.05, 0) is 23.6 Å². The summed E-state index contributed by atoms with van der Waals surface area (Å²) in [7, 11) is 0. The summed E-state index contributed by atoms with van der Waals surface area (Å²) < 4.78 is 0. The molecule has 2 aromatic rings. The zero-order chi connectivity index (χ0) is 19.6. The Morgan fingerprint density at radius 3 is 2.48 bits per heavy atom. The molecule has 1 aliphatic rings. The second-order valence-electron chi connectivity index (χ2n) is 7.53. The highest BCUT2D eigenvalue weighted by atomic mass is 16.3. The van der Waals surface area contributed by atoms with Gasteiger partial charge in [-0.1, -0.05) is 44.2 Å². The quantitative estimate of drug-likeness (QED) is 0.479. The number of ketones is 2. The average Bonchev–Trinajstić information content (AvgIpc) is 2.61. The topological polar surface area (TPSA) is 92.8 Å². The number of hydrogen-bond acceptors (Lipinski definition) is 5. The van der Waals surface area contributed by atoms with Crippen LogP contribution in [0.15, 0.2) is 64.9 Å². The number of benzene rings is 2. The fourth-order valence-corrected chi connectivity index (χ4v) is 3.14. The minimum atomic E-state index is -0.264. The Labute approximate surface area is 158 Å². The zero-order valence-corrected chi connectivity index (χ0v) is 15.4. The lowest BCUT2D eigenvalue weighted by Crippen LogP contribution is -2.26. The molecule has 0 aliphatic heterocycles. The van der Waals surface area contributed by atoms with Crippen molar-refractivity contribution in [3.05, 3.63) is 71.0 Å². The van der Waals surface area contributed by atoms with Crippen LogP contribution in [-0.2, 0) is 4.79 Å². The second-order valence-corrected chi connectivity index (χ2v) is 7.53. The number of rotatable bonds is 4. The number of allylic oxidation sites excluding steroid dienone is 2. The molecule has 0 fully saturated rings. The van der Waals surface area contributed by atoms with E-state index in [4.69, 9.17) is 5.73 Å². The number of aliphatic hydroxyl groups excluding tert-OH is 1. The van der Waals surface area contributed by atoms with Crippen LogP contribution in [0.1, 0.15) is 42.6 Å². The van der Waals surface area contributed by atoms with Crippen LogP contribution in [-0.4, -0.2) is 22.9 Å². The van der Waals surface area contributed by atoms with E-state index < -0.39 is 0 Å². The molecule has 0 saturated heterocycles. The van der Waals surface area contributed by atoms with Crippen molar-refractivity contribution in [2.45, 2.75) is 26.7 Å². The molecule has 0 heterocycles. The van der Waals surface area contributed by atoms with Crippen LogP contribution in [0.5, 0.6) is 0 Å². The lowest BCUT2D eigenvalue weighted by Gasteiger charge is -2.28. The molecule has 5 nitrogen and oxygen atoms in total. The van der Waals surface area contributed by atoms with Gasteiger partial charge in [-0.2, -0.15) is 0 Å². The fourth-order valence-electron chi connectivity index (χ4n) is 3.14. The molecular formula is C22H22N2O3. The molecule has 0 saturated carbocycles. The van der Waals surface area contributed by atoms with Crippen LogP contribution < -0.4 is 5.73 Å². The van der Waals surface area contributed by atoms with Gasteiger partial charge in [-0.15, -0.1) is 0 Å². The van der Waals surface area contributed by atoms with Gasteiger partial charge in [-0.25, -0.2) is 0 Å². The van der Waals surface area contributed by atoms with E-state index in [0.29, 0.717) is 35.3 Å². The number of nitrogen functional groups attached to an aromatic ring is 1. The lowest BCUT2D eigenvalue weighted by atomic mass is 9.77. The van der Waals surface area contributed by atoms with Crippen LogP contribution in [0.3, 0.4) is 0 Å². The largest absolute Gasteiger partial charge is 0.511 e. The highest BCUT2D eigenvalue weighted by molar-refractivity contribution is 6.15. The molecule has 0 bridgehead atoms. The number of carbonyl (C=O) groups excluding carboxylic acids is 2. The molecule has 3 rings (SSSR count). The van der Waals surface area contributed by atoms with Crippen LogP contribution >= 0.6 is 0 Å². The Kier molecular flexibility index (Phi) is 4.95. The van der Waals surface area contributed by atoms with Gasteiger partial charge < -0.3 is 10.8 Å². The predicted molar refractivity (Wildman–Crippen MR) is 107 cm³/mol. The molecule has 0 radical (unpaired) electrons. The van der Waals surface area contributed by atoms with E-state index in [2.05, 4.69) is 4.99 Å². The Morgan fingerprint density at radius 1 is 1.11 bits per heavy atom. The number of hydrogen-bond donors (Lipinski definition) is 2. The first-order valence-electron chi connectivity index (χ1n) is 8.75. The smallest absolute Gasteiger partial charge is 0.193 e. The summed E-state index contributed by atoms with van der Waals surface area (Å²) >= 11 is 0. The first-order chi connectivity index (χ1) is 12.8. The lowest BCUT2D eigenvalue weighted by molar-refractivity contribution is -0.117. The molecule has 5 heteroatoms. The Balaban J connectivity index is 1.91. The SMILES string of the molecule is CC1(C)CC(=O)C(C=Nc2cc(C(=O)c3ccccc3)ccc2N)=C(O)C1. The van der Waals surface area contributed by atoms with Crippen LogP contribution in [0.4, 0.5) is 11.4 Å². The minimum Gasteiger partial charge on any atom is -0.511 e. The summed E-state index contributed by atoms with van der Waals surface area (Å²) in [6.07, 6.45) is 2.11. The third kappa shape index (κ3) is 4.14. The second kappa shape index (κ2) is 7.19.